The zero-order valence-electron chi connectivity index (χ0n) is 18.6. The molecule has 2 N–H and O–H groups in total. The van der Waals surface area contributed by atoms with Gasteiger partial charge in [-0.1, -0.05) is 6.92 Å². The van der Waals surface area contributed by atoms with Gasteiger partial charge < -0.3 is 5.32 Å². The summed E-state index contributed by atoms with van der Waals surface area (Å²) in [7, 11) is -2.39. The average Bonchev–Trinajstić information content (AvgIpc) is 3.21. The number of anilines is 1. The molecule has 10 heteroatoms. The molecule has 2 aliphatic rings. The van der Waals surface area contributed by atoms with E-state index in [9.17, 15) is 17.2 Å². The van der Waals surface area contributed by atoms with E-state index in [4.69, 9.17) is 0 Å². The number of nitrogens with one attached hydrogen (secondary N) is 2. The molecule has 0 aliphatic heterocycles. The summed E-state index contributed by atoms with van der Waals surface area (Å²) in [5, 5.41) is 7.84. The molecule has 0 amide bonds. The van der Waals surface area contributed by atoms with Crippen LogP contribution in [0.2, 0.25) is 0 Å². The molecule has 2 unspecified atom stereocenters. The van der Waals surface area contributed by atoms with E-state index >= 15 is 0 Å². The normalized spacial score (nSPS) is 24.4. The van der Waals surface area contributed by atoms with Gasteiger partial charge in [0.2, 0.25) is 10.0 Å². The molecule has 0 saturated heterocycles. The van der Waals surface area contributed by atoms with E-state index in [2.05, 4.69) is 27.0 Å². The molecule has 2 heterocycles. The quantitative estimate of drug-likeness (QED) is 0.509. The molecule has 2 saturated carbocycles. The maximum atomic E-state index is 13.1. The number of hydrogen-bond acceptors (Lipinski definition) is 5. The van der Waals surface area contributed by atoms with Crippen LogP contribution in [0.5, 0.6) is 0 Å². The fourth-order valence-corrected chi connectivity index (χ4v) is 6.15. The molecule has 0 radical (unpaired) electrons. The first kappa shape index (κ1) is 22.2. The van der Waals surface area contributed by atoms with Crippen LogP contribution < -0.4 is 10.0 Å². The van der Waals surface area contributed by atoms with Crippen molar-refractivity contribution in [1.29, 1.82) is 0 Å². The zero-order chi connectivity index (χ0) is 23.4. The summed E-state index contributed by atoms with van der Waals surface area (Å²) in [6.07, 6.45) is 2.54. The van der Waals surface area contributed by atoms with E-state index in [-0.39, 0.29) is 17.0 Å². The number of hydrogen-bond donors (Lipinski definition) is 2. The smallest absolute Gasteiger partial charge is 0.282 e. The maximum absolute atomic E-state index is 13.1. The first-order valence-electron chi connectivity index (χ1n) is 11.1. The molecular weight excluding hydrogens is 448 g/mol. The summed E-state index contributed by atoms with van der Waals surface area (Å²) in [4.78, 5) is 4.68. The van der Waals surface area contributed by atoms with Crippen LogP contribution in [0.4, 0.5) is 14.6 Å². The van der Waals surface area contributed by atoms with Gasteiger partial charge in [-0.25, -0.2) is 26.9 Å². The van der Waals surface area contributed by atoms with E-state index in [1.54, 1.807) is 6.07 Å². The average molecular weight is 476 g/mol. The second-order valence-electron chi connectivity index (χ2n) is 9.72. The fourth-order valence-electron chi connectivity index (χ4n) is 5.11. The Bertz CT molecular complexity index is 1300. The van der Waals surface area contributed by atoms with E-state index in [1.807, 2.05) is 12.1 Å². The number of halogens is 2. The van der Waals surface area contributed by atoms with Gasteiger partial charge in [0.1, 0.15) is 11.5 Å². The monoisotopic (exact) mass is 475 g/mol. The molecule has 5 rings (SSSR count). The van der Waals surface area contributed by atoms with E-state index in [0.29, 0.717) is 16.3 Å². The summed E-state index contributed by atoms with van der Waals surface area (Å²) in [5.74, 6) is 2.60. The number of nitrogens with zero attached hydrogens (tertiary/aromatic N) is 3. The third-order valence-corrected chi connectivity index (χ3v) is 8.24. The number of aryl methyl sites for hydroxylation is 1. The molecule has 2 aromatic heterocycles. The molecule has 7 nitrogen and oxygen atoms in total. The van der Waals surface area contributed by atoms with Crippen molar-refractivity contribution in [2.24, 2.45) is 24.3 Å². The first-order chi connectivity index (χ1) is 15.6. The second kappa shape index (κ2) is 8.02. The Morgan fingerprint density at radius 1 is 1.21 bits per heavy atom. The van der Waals surface area contributed by atoms with Gasteiger partial charge in [-0.3, -0.25) is 4.68 Å². The Hall–Kier alpha value is -2.59. The van der Waals surface area contributed by atoms with Gasteiger partial charge >= 0.3 is 0 Å². The SMILES string of the molecule is Cn1cc(CNS(=O)(=O)c2ccc3nc(NCC4(C)CC5CC5C4)ccc3c2)c(C(F)F)n1. The lowest BCUT2D eigenvalue weighted by molar-refractivity contribution is 0.144. The summed E-state index contributed by atoms with van der Waals surface area (Å²) in [5.41, 5.74) is 0.714. The second-order valence-corrected chi connectivity index (χ2v) is 11.5. The fraction of sp³-hybridized carbons (Fsp3) is 0.478. The Kier molecular flexibility index (Phi) is 5.40. The van der Waals surface area contributed by atoms with Crippen LogP contribution in [0.25, 0.3) is 10.9 Å². The van der Waals surface area contributed by atoms with Crippen molar-refractivity contribution in [3.05, 3.63) is 47.8 Å². The van der Waals surface area contributed by atoms with Crippen LogP contribution in [0.15, 0.2) is 41.4 Å². The van der Waals surface area contributed by atoms with E-state index < -0.39 is 22.1 Å². The lowest BCUT2D eigenvalue weighted by Gasteiger charge is -2.26. The molecule has 2 atom stereocenters. The molecule has 0 bridgehead atoms. The number of rotatable bonds is 8. The van der Waals surface area contributed by atoms with Crippen molar-refractivity contribution >= 4 is 26.7 Å². The van der Waals surface area contributed by atoms with Gasteiger partial charge in [-0.05, 0) is 66.8 Å². The minimum Gasteiger partial charge on any atom is -0.370 e. The lowest BCUT2D eigenvalue weighted by Crippen LogP contribution is -2.25. The van der Waals surface area contributed by atoms with Gasteiger partial charge in [-0.15, -0.1) is 0 Å². The Morgan fingerprint density at radius 2 is 1.97 bits per heavy atom. The van der Waals surface area contributed by atoms with Crippen LogP contribution in [-0.4, -0.2) is 29.7 Å². The van der Waals surface area contributed by atoms with Crippen LogP contribution in [0.3, 0.4) is 0 Å². The van der Waals surface area contributed by atoms with Crippen molar-refractivity contribution in [2.75, 3.05) is 11.9 Å². The predicted molar refractivity (Wildman–Crippen MR) is 121 cm³/mol. The molecular formula is C23H27F2N5O2S. The maximum Gasteiger partial charge on any atom is 0.282 e. The number of alkyl halides is 2. The highest BCUT2D eigenvalue weighted by Crippen LogP contribution is 2.59. The van der Waals surface area contributed by atoms with Crippen LogP contribution in [0, 0.1) is 17.3 Å². The van der Waals surface area contributed by atoms with Crippen LogP contribution >= 0.6 is 0 Å². The third-order valence-electron chi connectivity index (χ3n) is 6.84. The standard InChI is InChI=1S/C23H27F2N5O2S/c1-23(9-15-7-16(15)10-23)13-26-20-6-3-14-8-18(4-5-19(14)28-20)33(31,32)27-11-17-12-30(2)29-21(17)22(24)25/h3-6,8,12,15-16,22,27H,7,9-11,13H2,1-2H3,(H,26,28). The number of pyridine rings is 1. The van der Waals surface area contributed by atoms with Crippen molar-refractivity contribution in [1.82, 2.24) is 19.5 Å². The highest BCUT2D eigenvalue weighted by molar-refractivity contribution is 7.89. The summed E-state index contributed by atoms with van der Waals surface area (Å²) in [6.45, 7) is 2.94. The van der Waals surface area contributed by atoms with Gasteiger partial charge in [-0.2, -0.15) is 5.10 Å². The number of fused-ring (bicyclic) bond motifs is 2. The summed E-state index contributed by atoms with van der Waals surface area (Å²) >= 11 is 0. The Balaban J connectivity index is 1.28. The van der Waals surface area contributed by atoms with Crippen molar-refractivity contribution in [3.63, 3.8) is 0 Å². The van der Waals surface area contributed by atoms with Crippen molar-refractivity contribution in [2.45, 2.75) is 44.1 Å². The summed E-state index contributed by atoms with van der Waals surface area (Å²) in [6, 6.07) is 8.38. The first-order valence-corrected chi connectivity index (χ1v) is 12.6. The minimum atomic E-state index is -3.90. The molecule has 3 aromatic rings. The topological polar surface area (TPSA) is 88.9 Å². The third kappa shape index (κ3) is 4.59. The predicted octanol–water partition coefficient (Wildman–Crippen LogP) is 4.23. The molecule has 0 spiro atoms. The Labute approximate surface area is 191 Å². The van der Waals surface area contributed by atoms with Gasteiger partial charge in [0.25, 0.3) is 6.43 Å². The molecule has 2 aliphatic carbocycles. The van der Waals surface area contributed by atoms with E-state index in [0.717, 1.165) is 24.2 Å². The molecule has 176 valence electrons. The van der Waals surface area contributed by atoms with Crippen molar-refractivity contribution < 1.29 is 17.2 Å². The van der Waals surface area contributed by atoms with Gasteiger partial charge in [0.05, 0.1) is 10.4 Å². The number of aromatic nitrogens is 3. The van der Waals surface area contributed by atoms with Crippen LogP contribution in [-0.2, 0) is 23.6 Å². The molecule has 2 fully saturated rings. The number of benzene rings is 1. The van der Waals surface area contributed by atoms with Crippen molar-refractivity contribution in [3.8, 4) is 0 Å². The van der Waals surface area contributed by atoms with Crippen LogP contribution in [0.1, 0.15) is 43.9 Å². The molecule has 1 aromatic carbocycles. The number of sulfonamides is 1. The summed E-state index contributed by atoms with van der Waals surface area (Å²) < 4.78 is 55.4. The Morgan fingerprint density at radius 3 is 2.70 bits per heavy atom. The highest BCUT2D eigenvalue weighted by Gasteiger charge is 2.51. The van der Waals surface area contributed by atoms with Gasteiger partial charge in [0, 0.05) is 37.3 Å². The molecule has 33 heavy (non-hydrogen) atoms. The highest BCUT2D eigenvalue weighted by atomic mass is 32.2. The largest absolute Gasteiger partial charge is 0.370 e. The van der Waals surface area contributed by atoms with Gasteiger partial charge in [0.15, 0.2) is 0 Å². The zero-order valence-corrected chi connectivity index (χ0v) is 19.4. The lowest BCUT2D eigenvalue weighted by atomic mass is 9.85. The minimum absolute atomic E-state index is 0.0534. The van der Waals surface area contributed by atoms with E-state index in [1.165, 1.54) is 49.3 Å².